The van der Waals surface area contributed by atoms with E-state index in [2.05, 4.69) is 11.8 Å². The molecule has 0 saturated carbocycles. The maximum atomic E-state index is 9.89. The summed E-state index contributed by atoms with van der Waals surface area (Å²) in [7, 11) is 0. The molecule has 0 atom stereocenters. The smallest absolute Gasteiger partial charge is 0.312 e. The third-order valence-corrected chi connectivity index (χ3v) is 1.93. The van der Waals surface area contributed by atoms with Gasteiger partial charge in [0.1, 0.15) is 0 Å². The topological polar surface area (TPSA) is 29.5 Å². The number of rotatable bonds is 2. The minimum atomic E-state index is 0.496. The highest BCUT2D eigenvalue weighted by atomic mass is 16.7. The molecule has 1 saturated heterocycles. The molecule has 0 aromatic carbocycles. The summed E-state index contributed by atoms with van der Waals surface area (Å²) in [6.45, 7) is 4.49. The Kier molecular flexibility index (Phi) is 2.68. The number of carbonyl (C=O) groups is 1. The molecule has 0 radical (unpaired) electrons. The van der Waals surface area contributed by atoms with Crippen molar-refractivity contribution in [1.29, 1.82) is 0 Å². The Morgan fingerprint density at radius 2 is 2.10 bits per heavy atom. The van der Waals surface area contributed by atoms with E-state index in [1.807, 2.05) is 0 Å². The van der Waals surface area contributed by atoms with E-state index in [0.717, 1.165) is 31.8 Å². The van der Waals surface area contributed by atoms with E-state index in [-0.39, 0.29) is 0 Å². The van der Waals surface area contributed by atoms with Crippen LogP contribution in [-0.4, -0.2) is 24.6 Å². The van der Waals surface area contributed by atoms with Crippen molar-refractivity contribution < 1.29 is 9.63 Å². The maximum Gasteiger partial charge on any atom is 0.312 e. The average Bonchev–Trinajstić information content (AvgIpc) is 1.95. The molecular weight excluding hydrogens is 130 g/mol. The van der Waals surface area contributed by atoms with Crippen molar-refractivity contribution in [3.05, 3.63) is 0 Å². The summed E-state index contributed by atoms with van der Waals surface area (Å²) in [6, 6.07) is 0. The van der Waals surface area contributed by atoms with Gasteiger partial charge in [0, 0.05) is 13.1 Å². The molecule has 0 bridgehead atoms. The fraction of sp³-hybridized carbons (Fsp3) is 0.857. The lowest BCUT2D eigenvalue weighted by molar-refractivity contribution is -0.179. The van der Waals surface area contributed by atoms with Gasteiger partial charge in [0.15, 0.2) is 0 Å². The van der Waals surface area contributed by atoms with E-state index in [0.29, 0.717) is 6.47 Å². The monoisotopic (exact) mass is 143 g/mol. The molecule has 1 aliphatic rings. The summed E-state index contributed by atoms with van der Waals surface area (Å²) < 4.78 is 0. The normalized spacial score (nSPS) is 22.5. The van der Waals surface area contributed by atoms with E-state index in [9.17, 15) is 4.79 Å². The number of hydrogen-bond acceptors (Lipinski definition) is 3. The lowest BCUT2D eigenvalue weighted by atomic mass is 10.0. The van der Waals surface area contributed by atoms with Crippen molar-refractivity contribution in [3.63, 3.8) is 0 Å². The minimum Gasteiger partial charge on any atom is -0.371 e. The second-order valence-corrected chi connectivity index (χ2v) is 2.81. The van der Waals surface area contributed by atoms with Gasteiger partial charge in [-0.1, -0.05) is 6.92 Å². The van der Waals surface area contributed by atoms with Crippen LogP contribution in [0.25, 0.3) is 0 Å². The predicted molar refractivity (Wildman–Crippen MR) is 37.1 cm³/mol. The molecule has 10 heavy (non-hydrogen) atoms. The van der Waals surface area contributed by atoms with E-state index in [1.54, 1.807) is 5.06 Å². The van der Waals surface area contributed by atoms with Crippen molar-refractivity contribution in [3.8, 4) is 0 Å². The summed E-state index contributed by atoms with van der Waals surface area (Å²) >= 11 is 0. The van der Waals surface area contributed by atoms with Crippen LogP contribution in [0.3, 0.4) is 0 Å². The lowest BCUT2D eigenvalue weighted by Crippen LogP contribution is -2.32. The van der Waals surface area contributed by atoms with Crippen LogP contribution in [0, 0.1) is 5.92 Å². The summed E-state index contributed by atoms with van der Waals surface area (Å²) in [6.07, 6.45) is 2.27. The van der Waals surface area contributed by atoms with Crippen LogP contribution in [-0.2, 0) is 9.63 Å². The highest BCUT2D eigenvalue weighted by Gasteiger charge is 2.15. The molecule has 1 rings (SSSR count). The largest absolute Gasteiger partial charge is 0.371 e. The highest BCUT2D eigenvalue weighted by molar-refractivity contribution is 5.36. The molecule has 1 aliphatic heterocycles. The molecule has 1 fully saturated rings. The van der Waals surface area contributed by atoms with Gasteiger partial charge in [-0.15, -0.1) is 5.06 Å². The van der Waals surface area contributed by atoms with Gasteiger partial charge >= 0.3 is 6.47 Å². The maximum absolute atomic E-state index is 9.89. The van der Waals surface area contributed by atoms with Crippen molar-refractivity contribution in [2.75, 3.05) is 13.1 Å². The fourth-order valence-corrected chi connectivity index (χ4v) is 1.15. The summed E-state index contributed by atoms with van der Waals surface area (Å²) in [5.41, 5.74) is 0. The molecule has 0 spiro atoms. The molecule has 0 N–H and O–H groups in total. The van der Waals surface area contributed by atoms with Crippen LogP contribution in [0.2, 0.25) is 0 Å². The Bertz CT molecular complexity index is 108. The number of piperidine rings is 1. The van der Waals surface area contributed by atoms with Gasteiger partial charge in [-0.3, -0.25) is 4.79 Å². The van der Waals surface area contributed by atoms with Gasteiger partial charge in [0.2, 0.25) is 0 Å². The first kappa shape index (κ1) is 7.54. The Morgan fingerprint density at radius 3 is 2.60 bits per heavy atom. The van der Waals surface area contributed by atoms with Gasteiger partial charge in [-0.05, 0) is 18.8 Å². The molecule has 3 nitrogen and oxygen atoms in total. The van der Waals surface area contributed by atoms with Crippen molar-refractivity contribution >= 4 is 6.47 Å². The second-order valence-electron chi connectivity index (χ2n) is 2.81. The van der Waals surface area contributed by atoms with Gasteiger partial charge in [-0.2, -0.15) is 0 Å². The van der Waals surface area contributed by atoms with Gasteiger partial charge < -0.3 is 4.84 Å². The van der Waals surface area contributed by atoms with E-state index in [4.69, 9.17) is 0 Å². The molecule has 3 heteroatoms. The van der Waals surface area contributed by atoms with Gasteiger partial charge in [-0.25, -0.2) is 0 Å². The SMILES string of the molecule is CC1CCN(OC=O)CC1. The Labute approximate surface area is 60.9 Å². The first-order valence-corrected chi connectivity index (χ1v) is 3.68. The number of hydroxylamine groups is 2. The van der Waals surface area contributed by atoms with Crippen LogP contribution >= 0.6 is 0 Å². The fourth-order valence-electron chi connectivity index (χ4n) is 1.15. The summed E-state index contributed by atoms with van der Waals surface area (Å²) in [5.74, 6) is 0.784. The average molecular weight is 143 g/mol. The minimum absolute atomic E-state index is 0.496. The van der Waals surface area contributed by atoms with Crippen LogP contribution in [0.15, 0.2) is 0 Å². The third kappa shape index (κ3) is 1.99. The number of carbonyl (C=O) groups excluding carboxylic acids is 1. The quantitative estimate of drug-likeness (QED) is 0.536. The highest BCUT2D eigenvalue weighted by Crippen LogP contribution is 2.15. The zero-order valence-corrected chi connectivity index (χ0v) is 6.25. The molecule has 0 aromatic heterocycles. The molecule has 0 aromatic rings. The summed E-state index contributed by atoms with van der Waals surface area (Å²) in [5, 5.41) is 1.72. The third-order valence-electron chi connectivity index (χ3n) is 1.93. The predicted octanol–water partition coefficient (Wildman–Crippen LogP) is 0.806. The molecule has 1 heterocycles. The molecule has 0 unspecified atom stereocenters. The summed E-state index contributed by atoms with van der Waals surface area (Å²) in [4.78, 5) is 14.6. The second kappa shape index (κ2) is 3.56. The first-order valence-electron chi connectivity index (χ1n) is 3.68. The van der Waals surface area contributed by atoms with E-state index in [1.165, 1.54) is 0 Å². The molecular formula is C7H13NO2. The van der Waals surface area contributed by atoms with Crippen LogP contribution in [0.1, 0.15) is 19.8 Å². The van der Waals surface area contributed by atoms with Crippen molar-refractivity contribution in [2.45, 2.75) is 19.8 Å². The molecule has 58 valence electrons. The van der Waals surface area contributed by atoms with Gasteiger partial charge in [0.05, 0.1) is 0 Å². The number of nitrogens with zero attached hydrogens (tertiary/aromatic N) is 1. The number of hydrogen-bond donors (Lipinski definition) is 0. The zero-order valence-electron chi connectivity index (χ0n) is 6.25. The standard InChI is InChI=1S/C7H13NO2/c1-7-2-4-8(5-3-7)10-6-9/h6-7H,2-5H2,1H3. The van der Waals surface area contributed by atoms with E-state index >= 15 is 0 Å². The van der Waals surface area contributed by atoms with Crippen molar-refractivity contribution in [2.24, 2.45) is 5.92 Å². The Morgan fingerprint density at radius 1 is 1.50 bits per heavy atom. The lowest BCUT2D eigenvalue weighted by Gasteiger charge is -2.26. The van der Waals surface area contributed by atoms with Gasteiger partial charge in [0.25, 0.3) is 0 Å². The first-order chi connectivity index (χ1) is 4.83. The molecule has 0 amide bonds. The Hall–Kier alpha value is -0.570. The van der Waals surface area contributed by atoms with Crippen molar-refractivity contribution in [1.82, 2.24) is 5.06 Å². The van der Waals surface area contributed by atoms with Crippen LogP contribution in [0.4, 0.5) is 0 Å². The van der Waals surface area contributed by atoms with E-state index < -0.39 is 0 Å². The van der Waals surface area contributed by atoms with Crippen LogP contribution in [0.5, 0.6) is 0 Å². The Balaban J connectivity index is 2.19. The molecule has 0 aliphatic carbocycles. The zero-order chi connectivity index (χ0) is 7.40. The van der Waals surface area contributed by atoms with Crippen LogP contribution < -0.4 is 0 Å².